The normalized spacial score (nSPS) is 13.8. The Balaban J connectivity index is 2.54. The molecule has 2 N–H and O–H groups in total. The molecule has 0 saturated carbocycles. The number of rotatable bonds is 8. The van der Waals surface area contributed by atoms with Gasteiger partial charge in [-0.3, -0.25) is 4.79 Å². The Morgan fingerprint density at radius 1 is 1.40 bits per heavy atom. The van der Waals surface area contributed by atoms with Gasteiger partial charge in [0.25, 0.3) is 0 Å². The van der Waals surface area contributed by atoms with Crippen molar-refractivity contribution >= 4 is 11.7 Å². The number of nitrogens with zero attached hydrogens (tertiary/aromatic N) is 1. The lowest BCUT2D eigenvalue weighted by atomic mass is 9.90. The maximum absolute atomic E-state index is 12.8. The van der Waals surface area contributed by atoms with E-state index in [0.717, 1.165) is 18.7 Å². The predicted octanol–water partition coefficient (Wildman–Crippen LogP) is 2.49. The zero-order valence-electron chi connectivity index (χ0n) is 12.3. The first-order valence-electron chi connectivity index (χ1n) is 6.84. The Hall–Kier alpha value is -1.62. The fraction of sp³-hybridized carbons (Fsp3) is 0.533. The minimum absolute atomic E-state index is 0.256. The van der Waals surface area contributed by atoms with Crippen LogP contribution in [0.5, 0.6) is 0 Å². The smallest absolute Gasteiger partial charge is 0.323 e. The summed E-state index contributed by atoms with van der Waals surface area (Å²) in [6.07, 6.45) is 1.84. The fourth-order valence-corrected chi connectivity index (χ4v) is 2.29. The molecule has 1 rings (SSSR count). The lowest BCUT2D eigenvalue weighted by Gasteiger charge is -2.29. The van der Waals surface area contributed by atoms with E-state index in [1.807, 2.05) is 18.9 Å². The van der Waals surface area contributed by atoms with Gasteiger partial charge < -0.3 is 15.3 Å². The molecule has 0 spiro atoms. The van der Waals surface area contributed by atoms with E-state index in [-0.39, 0.29) is 5.82 Å². The van der Waals surface area contributed by atoms with Gasteiger partial charge in [-0.15, -0.1) is 0 Å². The van der Waals surface area contributed by atoms with Crippen LogP contribution in [0.25, 0.3) is 0 Å². The second-order valence-corrected chi connectivity index (χ2v) is 4.99. The Bertz CT molecular complexity index is 430. The van der Waals surface area contributed by atoms with E-state index in [1.165, 1.54) is 12.1 Å². The third kappa shape index (κ3) is 3.93. The molecular formula is C15H23FN2O2. The third-order valence-corrected chi connectivity index (χ3v) is 3.86. The second-order valence-electron chi connectivity index (χ2n) is 4.99. The van der Waals surface area contributed by atoms with Gasteiger partial charge in [-0.1, -0.05) is 6.92 Å². The van der Waals surface area contributed by atoms with Gasteiger partial charge in [0.15, 0.2) is 0 Å². The number of carboxylic acid groups (broad SMARTS) is 1. The molecule has 5 heteroatoms. The van der Waals surface area contributed by atoms with E-state index in [4.69, 9.17) is 0 Å². The van der Waals surface area contributed by atoms with Gasteiger partial charge >= 0.3 is 5.97 Å². The number of aliphatic carboxylic acids is 1. The average molecular weight is 282 g/mol. The highest BCUT2D eigenvalue weighted by Gasteiger charge is 2.34. The van der Waals surface area contributed by atoms with Crippen LogP contribution in [0, 0.1) is 5.82 Å². The fourth-order valence-electron chi connectivity index (χ4n) is 2.29. The average Bonchev–Trinajstić information content (AvgIpc) is 2.44. The molecule has 4 nitrogen and oxygen atoms in total. The summed E-state index contributed by atoms with van der Waals surface area (Å²) in [5, 5.41) is 12.2. The summed E-state index contributed by atoms with van der Waals surface area (Å²) in [7, 11) is 3.60. The molecule has 1 atom stereocenters. The van der Waals surface area contributed by atoms with Gasteiger partial charge in [0.1, 0.15) is 11.4 Å². The molecule has 112 valence electrons. The van der Waals surface area contributed by atoms with Crippen LogP contribution < -0.4 is 10.2 Å². The van der Waals surface area contributed by atoms with E-state index in [1.54, 1.807) is 19.2 Å². The van der Waals surface area contributed by atoms with Gasteiger partial charge in [-0.2, -0.15) is 0 Å². The quantitative estimate of drug-likeness (QED) is 0.769. The van der Waals surface area contributed by atoms with Crippen molar-refractivity contribution in [2.45, 2.75) is 31.7 Å². The number of carbonyl (C=O) groups is 1. The van der Waals surface area contributed by atoms with Gasteiger partial charge in [-0.05, 0) is 50.6 Å². The topological polar surface area (TPSA) is 52.6 Å². The van der Waals surface area contributed by atoms with E-state index < -0.39 is 11.5 Å². The Morgan fingerprint density at radius 3 is 2.45 bits per heavy atom. The maximum atomic E-state index is 12.8. The van der Waals surface area contributed by atoms with E-state index in [2.05, 4.69) is 5.32 Å². The van der Waals surface area contributed by atoms with Crippen LogP contribution >= 0.6 is 0 Å². The number of hydrogen-bond donors (Lipinski definition) is 2. The lowest BCUT2D eigenvalue weighted by molar-refractivity contribution is -0.145. The highest BCUT2D eigenvalue weighted by molar-refractivity contribution is 5.78. The number of halogens is 1. The number of hydrogen-bond acceptors (Lipinski definition) is 3. The van der Waals surface area contributed by atoms with Crippen molar-refractivity contribution in [3.8, 4) is 0 Å². The lowest BCUT2D eigenvalue weighted by Crippen LogP contribution is -2.50. The van der Waals surface area contributed by atoms with Crippen LogP contribution in [0.3, 0.4) is 0 Å². The third-order valence-electron chi connectivity index (χ3n) is 3.86. The summed E-state index contributed by atoms with van der Waals surface area (Å²) in [5.41, 5.74) is 0.0668. The van der Waals surface area contributed by atoms with Crippen molar-refractivity contribution in [3.05, 3.63) is 30.1 Å². The zero-order chi connectivity index (χ0) is 15.2. The van der Waals surface area contributed by atoms with Crippen LogP contribution in [-0.2, 0) is 4.79 Å². The number of benzene rings is 1. The first kappa shape index (κ1) is 16.4. The summed E-state index contributed by atoms with van der Waals surface area (Å²) < 4.78 is 12.8. The van der Waals surface area contributed by atoms with Gasteiger partial charge in [0.05, 0.1) is 0 Å². The molecule has 20 heavy (non-hydrogen) atoms. The summed E-state index contributed by atoms with van der Waals surface area (Å²) in [6, 6.07) is 6.29. The molecule has 1 aromatic carbocycles. The molecular weight excluding hydrogens is 259 g/mol. The molecule has 0 aliphatic carbocycles. The van der Waals surface area contributed by atoms with Gasteiger partial charge in [0.2, 0.25) is 0 Å². The molecule has 1 aromatic rings. The van der Waals surface area contributed by atoms with Crippen molar-refractivity contribution in [1.29, 1.82) is 0 Å². The molecule has 0 heterocycles. The number of likely N-dealkylation sites (N-methyl/N-ethyl adjacent to an activating group) is 1. The molecule has 1 unspecified atom stereocenters. The molecule has 0 aliphatic rings. The Morgan fingerprint density at radius 2 is 2.00 bits per heavy atom. The predicted molar refractivity (Wildman–Crippen MR) is 78.6 cm³/mol. The minimum atomic E-state index is -0.858. The Kier molecular flexibility index (Phi) is 5.95. The minimum Gasteiger partial charge on any atom is -0.480 e. The highest BCUT2D eigenvalue weighted by Crippen LogP contribution is 2.19. The summed E-state index contributed by atoms with van der Waals surface area (Å²) >= 11 is 0. The van der Waals surface area contributed by atoms with E-state index >= 15 is 0 Å². The molecule has 0 fully saturated rings. The monoisotopic (exact) mass is 282 g/mol. The SMILES string of the molecule is CCC(CCCN(C)c1ccc(F)cc1)(NC)C(=O)O. The molecule has 0 bridgehead atoms. The van der Waals surface area contributed by atoms with Crippen molar-refractivity contribution in [2.24, 2.45) is 0 Å². The van der Waals surface area contributed by atoms with E-state index in [9.17, 15) is 14.3 Å². The molecule has 0 amide bonds. The first-order chi connectivity index (χ1) is 9.45. The van der Waals surface area contributed by atoms with Crippen molar-refractivity contribution < 1.29 is 14.3 Å². The summed E-state index contributed by atoms with van der Waals surface area (Å²) in [5.74, 6) is -1.07. The highest BCUT2D eigenvalue weighted by atomic mass is 19.1. The number of anilines is 1. The molecule has 0 aliphatic heterocycles. The molecule has 0 saturated heterocycles. The van der Waals surface area contributed by atoms with Gasteiger partial charge in [0, 0.05) is 19.3 Å². The maximum Gasteiger partial charge on any atom is 0.323 e. The number of carboxylic acids is 1. The number of nitrogens with one attached hydrogen (secondary N) is 1. The Labute approximate surface area is 119 Å². The second kappa shape index (κ2) is 7.24. The zero-order valence-corrected chi connectivity index (χ0v) is 12.3. The van der Waals surface area contributed by atoms with Crippen molar-refractivity contribution in [3.63, 3.8) is 0 Å². The van der Waals surface area contributed by atoms with Crippen molar-refractivity contribution in [1.82, 2.24) is 5.32 Å². The summed E-state index contributed by atoms with van der Waals surface area (Å²) in [6.45, 7) is 2.59. The molecule has 0 aromatic heterocycles. The van der Waals surface area contributed by atoms with Gasteiger partial charge in [-0.25, -0.2) is 4.39 Å². The van der Waals surface area contributed by atoms with Crippen molar-refractivity contribution in [2.75, 3.05) is 25.5 Å². The first-order valence-corrected chi connectivity index (χ1v) is 6.84. The summed E-state index contributed by atoms with van der Waals surface area (Å²) in [4.78, 5) is 13.3. The van der Waals surface area contributed by atoms with Crippen LogP contribution in [0.1, 0.15) is 26.2 Å². The van der Waals surface area contributed by atoms with Crippen LogP contribution in [0.2, 0.25) is 0 Å². The largest absolute Gasteiger partial charge is 0.480 e. The molecule has 0 radical (unpaired) electrons. The van der Waals surface area contributed by atoms with Crippen LogP contribution in [-0.4, -0.2) is 37.3 Å². The standard InChI is InChI=1S/C15H23FN2O2/c1-4-15(17-2,14(19)20)10-5-11-18(3)13-8-6-12(16)7-9-13/h6-9,17H,4-5,10-11H2,1-3H3,(H,19,20). The van der Waals surface area contributed by atoms with E-state index in [0.29, 0.717) is 12.8 Å². The van der Waals surface area contributed by atoms with Crippen LogP contribution in [0.4, 0.5) is 10.1 Å². The van der Waals surface area contributed by atoms with Crippen LogP contribution in [0.15, 0.2) is 24.3 Å².